The van der Waals surface area contributed by atoms with Crippen LogP contribution in [0.15, 0.2) is 49.9 Å². The first-order valence-electron chi connectivity index (χ1n) is 9.20. The normalized spacial score (nSPS) is 11.5. The number of nitrogens with one attached hydrogen (secondary N) is 1. The Hall–Kier alpha value is -2.66. The molecule has 0 spiro atoms. The average molecular weight is 452 g/mol. The van der Waals surface area contributed by atoms with Crippen LogP contribution in [-0.2, 0) is 14.8 Å². The lowest BCUT2D eigenvalue weighted by Gasteiger charge is -2.16. The molecule has 0 aliphatic rings. The van der Waals surface area contributed by atoms with Gasteiger partial charge in [-0.3, -0.25) is 0 Å². The van der Waals surface area contributed by atoms with E-state index in [-0.39, 0.29) is 10.5 Å². The third-order valence-electron chi connectivity index (χ3n) is 3.75. The zero-order chi connectivity index (χ0) is 22.1. The van der Waals surface area contributed by atoms with Crippen LogP contribution in [0.1, 0.15) is 30.1 Å². The number of hydrogen-bond acceptors (Lipinski definition) is 8. The van der Waals surface area contributed by atoms with E-state index in [1.165, 1.54) is 24.4 Å². The summed E-state index contributed by atoms with van der Waals surface area (Å²) in [6.07, 6.45) is 6.15. The molecule has 11 heteroatoms. The number of nitrogens with zero attached hydrogens (tertiary/aromatic N) is 4. The molecule has 1 aromatic heterocycles. The van der Waals surface area contributed by atoms with Crippen molar-refractivity contribution in [2.75, 3.05) is 33.1 Å². The minimum absolute atomic E-state index is 0.105. The Morgan fingerprint density at radius 1 is 1.30 bits per heavy atom. The molecule has 9 nitrogen and oxygen atoms in total. The van der Waals surface area contributed by atoms with Gasteiger partial charge in [-0.15, -0.1) is 4.40 Å². The van der Waals surface area contributed by atoms with Gasteiger partial charge in [-0.25, -0.2) is 14.8 Å². The monoisotopic (exact) mass is 451 g/mol. The summed E-state index contributed by atoms with van der Waals surface area (Å²) in [6, 6.07) is 4.51. The van der Waals surface area contributed by atoms with E-state index in [4.69, 9.17) is 4.74 Å². The maximum atomic E-state index is 13.0. The lowest BCUT2D eigenvalue weighted by molar-refractivity contribution is 0.0600. The number of unbranched alkanes of at least 4 members (excludes halogenated alkanes) is 1. The number of sulfonamides is 1. The van der Waals surface area contributed by atoms with Gasteiger partial charge < -0.3 is 15.0 Å². The third kappa shape index (κ3) is 6.42. The van der Waals surface area contributed by atoms with Crippen LogP contribution in [-0.4, -0.2) is 63.3 Å². The Kier molecular flexibility index (Phi) is 8.60. The Morgan fingerprint density at radius 2 is 2.00 bits per heavy atom. The predicted molar refractivity (Wildman–Crippen MR) is 117 cm³/mol. The van der Waals surface area contributed by atoms with Gasteiger partial charge in [0.1, 0.15) is 11.2 Å². The largest absolute Gasteiger partial charge is 0.465 e. The maximum absolute atomic E-state index is 13.0. The molecule has 0 fully saturated rings. The molecule has 0 saturated carbocycles. The van der Waals surface area contributed by atoms with Crippen LogP contribution in [0.2, 0.25) is 0 Å². The molecule has 0 unspecified atom stereocenters. The second kappa shape index (κ2) is 10.9. The van der Waals surface area contributed by atoms with Crippen LogP contribution in [0.4, 0.5) is 5.69 Å². The van der Waals surface area contributed by atoms with E-state index in [0.29, 0.717) is 22.3 Å². The van der Waals surface area contributed by atoms with E-state index in [1.54, 1.807) is 38.6 Å². The van der Waals surface area contributed by atoms with E-state index in [9.17, 15) is 13.2 Å². The topological polar surface area (TPSA) is 114 Å². The highest BCUT2D eigenvalue weighted by atomic mass is 32.2. The summed E-state index contributed by atoms with van der Waals surface area (Å²) in [4.78, 5) is 22.3. The number of anilines is 1. The molecule has 2 aromatic rings. The number of ether oxygens (including phenoxy) is 1. The van der Waals surface area contributed by atoms with Crippen molar-refractivity contribution in [1.82, 2.24) is 14.9 Å². The van der Waals surface area contributed by atoms with Crippen LogP contribution in [0.3, 0.4) is 0 Å². The maximum Gasteiger partial charge on any atom is 0.337 e. The third-order valence-corrected chi connectivity index (χ3v) is 6.17. The molecule has 0 aliphatic carbocycles. The van der Waals surface area contributed by atoms with E-state index in [2.05, 4.69) is 19.7 Å². The predicted octanol–water partition coefficient (Wildman–Crippen LogP) is 2.91. The van der Waals surface area contributed by atoms with E-state index < -0.39 is 16.0 Å². The van der Waals surface area contributed by atoms with Crippen LogP contribution < -0.4 is 5.32 Å². The number of rotatable bonds is 10. The summed E-state index contributed by atoms with van der Waals surface area (Å²) in [7, 11) is 0.445. The number of carbonyl (C=O) groups is 1. The second-order valence-corrected chi connectivity index (χ2v) is 8.99. The molecule has 1 N–H and O–H groups in total. The van der Waals surface area contributed by atoms with Gasteiger partial charge in [0, 0.05) is 33.0 Å². The summed E-state index contributed by atoms with van der Waals surface area (Å²) in [6.45, 7) is 2.65. The SMILES string of the molecule is CCCCNc1cc(C(=O)OC)cc(S(=O)(=O)N=CN(C)C)c1Sc1ncccn1. The molecule has 0 aliphatic heterocycles. The van der Waals surface area contributed by atoms with Crippen LogP contribution in [0.5, 0.6) is 0 Å². The molecule has 0 saturated heterocycles. The summed E-state index contributed by atoms with van der Waals surface area (Å²) in [5.74, 6) is -0.644. The Balaban J connectivity index is 2.69. The molecule has 0 atom stereocenters. The van der Waals surface area contributed by atoms with Crippen LogP contribution >= 0.6 is 11.8 Å². The van der Waals surface area contributed by atoms with E-state index in [0.717, 1.165) is 24.6 Å². The highest BCUT2D eigenvalue weighted by molar-refractivity contribution is 8.00. The number of aromatic nitrogens is 2. The number of hydrogen-bond donors (Lipinski definition) is 1. The van der Waals surface area contributed by atoms with Crippen LogP contribution in [0.25, 0.3) is 0 Å². The average Bonchev–Trinajstić information content (AvgIpc) is 2.73. The van der Waals surface area contributed by atoms with Crippen molar-refractivity contribution in [3.8, 4) is 0 Å². The van der Waals surface area contributed by atoms with Crippen molar-refractivity contribution in [1.29, 1.82) is 0 Å². The Morgan fingerprint density at radius 3 is 2.60 bits per heavy atom. The quantitative estimate of drug-likeness (QED) is 0.191. The van der Waals surface area contributed by atoms with Crippen molar-refractivity contribution in [2.45, 2.75) is 34.7 Å². The molecular formula is C19H25N5O4S2. The molecule has 30 heavy (non-hydrogen) atoms. The van der Waals surface area contributed by atoms with Gasteiger partial charge in [-0.2, -0.15) is 8.42 Å². The highest BCUT2D eigenvalue weighted by Crippen LogP contribution is 2.39. The van der Waals surface area contributed by atoms with Gasteiger partial charge in [0.05, 0.1) is 23.3 Å². The fourth-order valence-corrected chi connectivity index (χ4v) is 4.61. The lowest BCUT2D eigenvalue weighted by atomic mass is 10.2. The molecule has 0 bridgehead atoms. The number of esters is 1. The molecule has 0 radical (unpaired) electrons. The van der Waals surface area contributed by atoms with Gasteiger partial charge in [-0.1, -0.05) is 13.3 Å². The van der Waals surface area contributed by atoms with Gasteiger partial charge in [0.15, 0.2) is 5.16 Å². The standard InChI is InChI=1S/C19H25N5O4S2/c1-5-6-8-20-15-11-14(18(25)28-4)12-16(30(26,27)23-13-24(2)3)17(15)29-19-21-9-7-10-22-19/h7,9-13,20H,5-6,8H2,1-4H3. The molecule has 2 rings (SSSR count). The molecule has 1 heterocycles. The molecule has 0 amide bonds. The Bertz CT molecular complexity index is 995. The number of methoxy groups -OCH3 is 1. The summed E-state index contributed by atoms with van der Waals surface area (Å²) >= 11 is 1.08. The van der Waals surface area contributed by atoms with Gasteiger partial charge >= 0.3 is 5.97 Å². The van der Waals surface area contributed by atoms with Crippen molar-refractivity contribution in [3.63, 3.8) is 0 Å². The zero-order valence-electron chi connectivity index (χ0n) is 17.3. The van der Waals surface area contributed by atoms with Crippen molar-refractivity contribution in [3.05, 3.63) is 36.2 Å². The highest BCUT2D eigenvalue weighted by Gasteiger charge is 2.25. The van der Waals surface area contributed by atoms with Crippen molar-refractivity contribution in [2.24, 2.45) is 4.40 Å². The lowest BCUT2D eigenvalue weighted by Crippen LogP contribution is -2.13. The molecule has 1 aromatic carbocycles. The minimum atomic E-state index is -4.12. The first-order chi connectivity index (χ1) is 14.3. The molecular weight excluding hydrogens is 426 g/mol. The fraction of sp³-hybridized carbons (Fsp3) is 0.368. The fourth-order valence-electron chi connectivity index (χ4n) is 2.31. The summed E-state index contributed by atoms with van der Waals surface area (Å²) in [5.41, 5.74) is 0.580. The minimum Gasteiger partial charge on any atom is -0.465 e. The van der Waals surface area contributed by atoms with Crippen LogP contribution in [0, 0.1) is 0 Å². The van der Waals surface area contributed by atoms with Gasteiger partial charge in [-0.05, 0) is 36.4 Å². The zero-order valence-corrected chi connectivity index (χ0v) is 19.0. The summed E-state index contributed by atoms with van der Waals surface area (Å²) < 4.78 is 34.6. The first-order valence-corrected chi connectivity index (χ1v) is 11.5. The first kappa shape index (κ1) is 23.6. The number of benzene rings is 1. The number of carbonyl (C=O) groups excluding carboxylic acids is 1. The van der Waals surface area contributed by atoms with Crippen molar-refractivity contribution >= 4 is 39.8 Å². The smallest absolute Gasteiger partial charge is 0.337 e. The summed E-state index contributed by atoms with van der Waals surface area (Å²) in [5, 5.41) is 3.59. The van der Waals surface area contributed by atoms with E-state index >= 15 is 0 Å². The van der Waals surface area contributed by atoms with E-state index in [1.807, 2.05) is 6.92 Å². The van der Waals surface area contributed by atoms with Crippen molar-refractivity contribution < 1.29 is 17.9 Å². The van der Waals surface area contributed by atoms with Gasteiger partial charge in [0.2, 0.25) is 0 Å². The Labute approximate surface area is 181 Å². The second-order valence-electron chi connectivity index (χ2n) is 6.42. The van der Waals surface area contributed by atoms with Gasteiger partial charge in [0.25, 0.3) is 10.0 Å². The molecule has 162 valence electrons.